The van der Waals surface area contributed by atoms with E-state index in [2.05, 4.69) is 0 Å². The van der Waals surface area contributed by atoms with Crippen molar-refractivity contribution in [2.75, 3.05) is 0 Å². The molecule has 1 aromatic carbocycles. The van der Waals surface area contributed by atoms with Crippen LogP contribution in [-0.2, 0) is 6.42 Å². The van der Waals surface area contributed by atoms with Crippen LogP contribution in [0.4, 0.5) is 0 Å². The molecule has 0 fully saturated rings. The summed E-state index contributed by atoms with van der Waals surface area (Å²) < 4.78 is 0. The van der Waals surface area contributed by atoms with Crippen LogP contribution < -0.4 is 0 Å². The lowest BCUT2D eigenvalue weighted by Gasteiger charge is -2.05. The van der Waals surface area contributed by atoms with Crippen LogP contribution in [0.5, 0.6) is 5.75 Å². The van der Waals surface area contributed by atoms with Gasteiger partial charge in [-0.25, -0.2) is 0 Å². The number of benzene rings is 1. The number of rotatable bonds is 2. The van der Waals surface area contributed by atoms with Gasteiger partial charge in [0, 0.05) is 6.42 Å². The molecule has 0 aliphatic rings. The summed E-state index contributed by atoms with van der Waals surface area (Å²) in [6.45, 7) is 1.70. The van der Waals surface area contributed by atoms with Crippen LogP contribution >= 0.6 is 0 Å². The maximum absolute atomic E-state index is 9.25. The third-order valence-corrected chi connectivity index (χ3v) is 1.51. The van der Waals surface area contributed by atoms with Crippen molar-refractivity contribution >= 4 is 0 Å². The number of aliphatic hydroxyl groups excluding tert-OH is 1. The molecule has 0 bridgehead atoms. The fraction of sp³-hybridized carbons (Fsp3) is 0.333. The Bertz CT molecular complexity index is 231. The molecule has 0 saturated heterocycles. The Morgan fingerprint density at radius 2 is 2.00 bits per heavy atom. The standard InChI is InChI=1S/C9H12O2/c1-7(10)6-8-4-2-3-5-9(8)11/h2-5,7,10-11H,6H2,1H3/t7-/m0/s1. The van der Waals surface area contributed by atoms with Gasteiger partial charge in [-0.1, -0.05) is 18.2 Å². The summed E-state index contributed by atoms with van der Waals surface area (Å²) in [5, 5.41) is 18.3. The highest BCUT2D eigenvalue weighted by Crippen LogP contribution is 2.16. The molecule has 0 aliphatic heterocycles. The van der Waals surface area contributed by atoms with Crippen LogP contribution in [0.1, 0.15) is 12.5 Å². The monoisotopic (exact) mass is 152 g/mol. The molecule has 0 spiro atoms. The summed E-state index contributed by atoms with van der Waals surface area (Å²) in [4.78, 5) is 0. The number of para-hydroxylation sites is 1. The van der Waals surface area contributed by atoms with Crippen molar-refractivity contribution in [3.8, 4) is 5.75 Å². The van der Waals surface area contributed by atoms with Crippen molar-refractivity contribution in [2.24, 2.45) is 0 Å². The maximum atomic E-state index is 9.25. The van der Waals surface area contributed by atoms with Crippen LogP contribution in [-0.4, -0.2) is 16.3 Å². The Kier molecular flexibility index (Phi) is 2.49. The van der Waals surface area contributed by atoms with E-state index in [9.17, 15) is 5.11 Å². The first-order valence-electron chi connectivity index (χ1n) is 3.65. The highest BCUT2D eigenvalue weighted by Gasteiger charge is 2.02. The quantitative estimate of drug-likeness (QED) is 0.671. The lowest BCUT2D eigenvalue weighted by Crippen LogP contribution is -2.03. The SMILES string of the molecule is C[C@H](O)Cc1ccccc1O. The third kappa shape index (κ3) is 2.24. The summed E-state index contributed by atoms with van der Waals surface area (Å²) >= 11 is 0. The number of phenolic OH excluding ortho intramolecular Hbond substituents is 1. The summed E-state index contributed by atoms with van der Waals surface area (Å²) in [6.07, 6.45) is 0.107. The first-order chi connectivity index (χ1) is 5.20. The Labute approximate surface area is 66.1 Å². The highest BCUT2D eigenvalue weighted by molar-refractivity contribution is 5.32. The van der Waals surface area contributed by atoms with Gasteiger partial charge in [-0.05, 0) is 18.6 Å². The van der Waals surface area contributed by atoms with Crippen molar-refractivity contribution in [2.45, 2.75) is 19.4 Å². The van der Waals surface area contributed by atoms with Gasteiger partial charge in [0.1, 0.15) is 5.75 Å². The van der Waals surface area contributed by atoms with Gasteiger partial charge in [0.15, 0.2) is 0 Å². The topological polar surface area (TPSA) is 40.5 Å². The summed E-state index contributed by atoms with van der Waals surface area (Å²) in [5.41, 5.74) is 0.794. The van der Waals surface area contributed by atoms with E-state index in [1.54, 1.807) is 19.1 Å². The van der Waals surface area contributed by atoms with Gasteiger partial charge < -0.3 is 10.2 Å². The second-order valence-corrected chi connectivity index (χ2v) is 2.68. The lowest BCUT2D eigenvalue weighted by molar-refractivity contribution is 0.194. The van der Waals surface area contributed by atoms with Crippen molar-refractivity contribution < 1.29 is 10.2 Å². The van der Waals surface area contributed by atoms with Gasteiger partial charge in [-0.2, -0.15) is 0 Å². The average Bonchev–Trinajstić information content (AvgIpc) is 1.93. The van der Waals surface area contributed by atoms with Gasteiger partial charge in [0.25, 0.3) is 0 Å². The number of aliphatic hydroxyl groups is 1. The van der Waals surface area contributed by atoms with Gasteiger partial charge >= 0.3 is 0 Å². The van der Waals surface area contributed by atoms with E-state index in [4.69, 9.17) is 5.11 Å². The van der Waals surface area contributed by atoms with E-state index in [0.717, 1.165) is 5.56 Å². The molecule has 0 radical (unpaired) electrons. The van der Waals surface area contributed by atoms with Crippen molar-refractivity contribution in [1.29, 1.82) is 0 Å². The second kappa shape index (κ2) is 3.39. The van der Waals surface area contributed by atoms with E-state index < -0.39 is 6.10 Å². The summed E-state index contributed by atoms with van der Waals surface area (Å²) in [7, 11) is 0. The highest BCUT2D eigenvalue weighted by atomic mass is 16.3. The largest absolute Gasteiger partial charge is 0.508 e. The first-order valence-corrected chi connectivity index (χ1v) is 3.65. The van der Waals surface area contributed by atoms with Crippen LogP contribution in [0.2, 0.25) is 0 Å². The number of hydrogen-bond donors (Lipinski definition) is 2. The molecule has 0 heterocycles. The molecule has 1 atom stereocenters. The van der Waals surface area contributed by atoms with E-state index in [1.165, 1.54) is 0 Å². The van der Waals surface area contributed by atoms with Crippen LogP contribution in [0.15, 0.2) is 24.3 Å². The molecule has 0 amide bonds. The Balaban J connectivity index is 2.78. The third-order valence-electron chi connectivity index (χ3n) is 1.51. The van der Waals surface area contributed by atoms with Crippen molar-refractivity contribution in [3.63, 3.8) is 0 Å². The zero-order valence-electron chi connectivity index (χ0n) is 6.49. The van der Waals surface area contributed by atoms with E-state index in [0.29, 0.717) is 6.42 Å². The molecule has 0 aromatic heterocycles. The van der Waals surface area contributed by atoms with Gasteiger partial charge in [0.05, 0.1) is 6.10 Å². The summed E-state index contributed by atoms with van der Waals surface area (Å²) in [5.74, 6) is 0.258. The number of phenols is 1. The fourth-order valence-corrected chi connectivity index (χ4v) is 1.00. The number of aromatic hydroxyl groups is 1. The average molecular weight is 152 g/mol. The molecule has 2 heteroatoms. The molecule has 1 aromatic rings. The molecular weight excluding hydrogens is 140 g/mol. The minimum Gasteiger partial charge on any atom is -0.508 e. The van der Waals surface area contributed by atoms with Gasteiger partial charge in [0.2, 0.25) is 0 Å². The minimum atomic E-state index is -0.400. The molecular formula is C9H12O2. The van der Waals surface area contributed by atoms with Gasteiger partial charge in [-0.15, -0.1) is 0 Å². The molecule has 0 saturated carbocycles. The fourth-order valence-electron chi connectivity index (χ4n) is 1.00. The van der Waals surface area contributed by atoms with Crippen LogP contribution in [0.3, 0.4) is 0 Å². The Morgan fingerprint density at radius 3 is 2.55 bits per heavy atom. The smallest absolute Gasteiger partial charge is 0.118 e. The van der Waals surface area contributed by atoms with Crippen molar-refractivity contribution in [3.05, 3.63) is 29.8 Å². The molecule has 2 nitrogen and oxygen atoms in total. The predicted molar refractivity (Wildman–Crippen MR) is 43.5 cm³/mol. The first kappa shape index (κ1) is 8.08. The molecule has 2 N–H and O–H groups in total. The second-order valence-electron chi connectivity index (χ2n) is 2.68. The van der Waals surface area contributed by atoms with E-state index in [-0.39, 0.29) is 5.75 Å². The van der Waals surface area contributed by atoms with Crippen LogP contribution in [0, 0.1) is 0 Å². The lowest BCUT2D eigenvalue weighted by atomic mass is 10.1. The normalized spacial score (nSPS) is 12.9. The van der Waals surface area contributed by atoms with E-state index in [1.807, 2.05) is 12.1 Å². The van der Waals surface area contributed by atoms with E-state index >= 15 is 0 Å². The minimum absolute atomic E-state index is 0.258. The zero-order valence-corrected chi connectivity index (χ0v) is 6.49. The van der Waals surface area contributed by atoms with Crippen molar-refractivity contribution in [1.82, 2.24) is 0 Å². The zero-order chi connectivity index (χ0) is 8.27. The summed E-state index contributed by atoms with van der Waals surface area (Å²) in [6, 6.07) is 7.04. The maximum Gasteiger partial charge on any atom is 0.118 e. The molecule has 60 valence electrons. The predicted octanol–water partition coefficient (Wildman–Crippen LogP) is 1.32. The molecule has 1 rings (SSSR count). The molecule has 11 heavy (non-hydrogen) atoms. The Morgan fingerprint density at radius 1 is 1.36 bits per heavy atom. The number of hydrogen-bond acceptors (Lipinski definition) is 2. The molecule has 0 unspecified atom stereocenters. The molecule has 0 aliphatic carbocycles. The Hall–Kier alpha value is -1.02. The van der Waals surface area contributed by atoms with Gasteiger partial charge in [-0.3, -0.25) is 0 Å². The van der Waals surface area contributed by atoms with Crippen LogP contribution in [0.25, 0.3) is 0 Å².